The van der Waals surface area contributed by atoms with Crippen LogP contribution in [0.2, 0.25) is 0 Å². The summed E-state index contributed by atoms with van der Waals surface area (Å²) in [5.41, 5.74) is 11.8. The van der Waals surface area contributed by atoms with Crippen LogP contribution in [0, 0.1) is 29.6 Å². The Labute approximate surface area is 283 Å². The van der Waals surface area contributed by atoms with Crippen molar-refractivity contribution in [2.24, 2.45) is 43.7 Å². The number of benzene rings is 2. The van der Waals surface area contributed by atoms with Gasteiger partial charge in [0, 0.05) is 103 Å². The van der Waals surface area contributed by atoms with Crippen LogP contribution in [0.15, 0.2) is 48.0 Å². The summed E-state index contributed by atoms with van der Waals surface area (Å²) in [7, 11) is 6.94. The number of allylic oxidation sites excluding steroid dienone is 1. The summed E-state index contributed by atoms with van der Waals surface area (Å²) in [4.78, 5) is 5.42. The molecule has 11 atom stereocenters. The molecule has 2 aromatic carbocycles. The Hall–Kier alpha value is -3.10. The third-order valence-electron chi connectivity index (χ3n) is 15.1. The number of para-hydroxylation sites is 1. The van der Waals surface area contributed by atoms with Gasteiger partial charge in [-0.25, -0.2) is 0 Å². The Balaban J connectivity index is 1.02. The summed E-state index contributed by atoms with van der Waals surface area (Å²) in [6.07, 6.45) is 7.68. The predicted molar refractivity (Wildman–Crippen MR) is 187 cm³/mol. The number of nitrogens with zero attached hydrogens (tertiary/aromatic N) is 4. The molecule has 0 radical (unpaired) electrons. The number of rotatable bonds is 1. The number of likely N-dealkylation sites (N-methyl/N-ethyl adjacent to an activating group) is 1. The molecule has 8 aliphatic heterocycles. The molecule has 0 saturated carbocycles. The summed E-state index contributed by atoms with van der Waals surface area (Å²) < 4.78 is 19.0. The monoisotopic (exact) mass is 644 g/mol. The second-order valence-corrected chi connectivity index (χ2v) is 16.6. The normalized spacial score (nSPS) is 39.9. The van der Waals surface area contributed by atoms with Gasteiger partial charge in [-0.2, -0.15) is 0 Å². The highest BCUT2D eigenvalue weighted by Crippen LogP contribution is 2.59. The topological polar surface area (TPSA) is 55.0 Å². The van der Waals surface area contributed by atoms with Crippen molar-refractivity contribution >= 4 is 21.8 Å². The van der Waals surface area contributed by atoms with Crippen molar-refractivity contribution in [1.29, 1.82) is 0 Å². The van der Waals surface area contributed by atoms with E-state index in [0.717, 1.165) is 51.0 Å². The molecule has 2 aromatic heterocycles. The van der Waals surface area contributed by atoms with Gasteiger partial charge in [0.1, 0.15) is 5.75 Å². The first kappa shape index (κ1) is 28.7. The zero-order valence-electron chi connectivity index (χ0n) is 28.9. The minimum absolute atomic E-state index is 0.271. The van der Waals surface area contributed by atoms with Crippen molar-refractivity contribution in [3.8, 4) is 5.75 Å². The number of hydrogen-bond donors (Lipinski definition) is 1. The minimum Gasteiger partial charge on any atom is -0.462 e. The standard InChI is InChI=1S/C41H48N4O3/c1-6-21-18-45-34-17-27-38-26-13-30-24-15-35-39-25(22-9-7-8-10-31(22)43(39)4)16-33(42(35)3)29(24)20-47-41(30,2)48-37(26)12-11-32(38)44(5)40(27)36(45)14-23(21)28(34)19-46/h6-12,23-24,28-30,33-36,46H,13-20H2,1-5H3/b21-6+/t23-,24+,28?,29+,30-,33+,34-,35+,36-,41-/m0/s1. The van der Waals surface area contributed by atoms with Gasteiger partial charge in [0.15, 0.2) is 0 Å². The molecule has 5 saturated heterocycles. The van der Waals surface area contributed by atoms with Gasteiger partial charge in [0.25, 0.3) is 0 Å². The maximum absolute atomic E-state index is 10.7. The van der Waals surface area contributed by atoms with Crippen molar-refractivity contribution < 1.29 is 14.6 Å². The van der Waals surface area contributed by atoms with E-state index >= 15 is 0 Å². The van der Waals surface area contributed by atoms with Gasteiger partial charge in [-0.05, 0) is 87.2 Å². The van der Waals surface area contributed by atoms with E-state index in [1.54, 1.807) is 5.56 Å². The molecule has 48 heavy (non-hydrogen) atoms. The lowest BCUT2D eigenvalue weighted by Gasteiger charge is -2.59. The molecule has 0 spiro atoms. The van der Waals surface area contributed by atoms with E-state index < -0.39 is 5.79 Å². The molecule has 12 rings (SSSR count). The largest absolute Gasteiger partial charge is 0.462 e. The van der Waals surface area contributed by atoms with Crippen molar-refractivity contribution in [1.82, 2.24) is 18.9 Å². The Morgan fingerprint density at radius 1 is 0.875 bits per heavy atom. The Morgan fingerprint density at radius 3 is 2.50 bits per heavy atom. The molecule has 7 heteroatoms. The Kier molecular flexibility index (Phi) is 5.72. The van der Waals surface area contributed by atoms with Gasteiger partial charge in [0.2, 0.25) is 5.79 Å². The highest BCUT2D eigenvalue weighted by atomic mass is 16.7. The number of aryl methyl sites for hydroxylation is 2. The van der Waals surface area contributed by atoms with Gasteiger partial charge in [0.05, 0.1) is 18.7 Å². The molecule has 6 bridgehead atoms. The van der Waals surface area contributed by atoms with Crippen molar-refractivity contribution in [3.05, 3.63) is 76.1 Å². The fourth-order valence-corrected chi connectivity index (χ4v) is 12.9. The van der Waals surface area contributed by atoms with E-state index in [1.165, 1.54) is 49.9 Å². The number of aliphatic hydroxyl groups excluding tert-OH is 1. The number of aromatic nitrogens is 2. The molecule has 1 N–H and O–H groups in total. The predicted octanol–water partition coefficient (Wildman–Crippen LogP) is 6.06. The maximum Gasteiger partial charge on any atom is 0.211 e. The zero-order chi connectivity index (χ0) is 32.4. The van der Waals surface area contributed by atoms with Gasteiger partial charge < -0.3 is 23.7 Å². The molecule has 0 aliphatic carbocycles. The third kappa shape index (κ3) is 3.35. The molecule has 5 fully saturated rings. The number of hydrogen-bond acceptors (Lipinski definition) is 5. The molecule has 2 unspecified atom stereocenters. The van der Waals surface area contributed by atoms with Gasteiger partial charge in [-0.1, -0.05) is 29.8 Å². The third-order valence-corrected chi connectivity index (χ3v) is 15.1. The number of ether oxygens (including phenoxy) is 2. The number of piperidine rings is 4. The second kappa shape index (κ2) is 9.57. The summed E-state index contributed by atoms with van der Waals surface area (Å²) in [5.74, 6) is 2.52. The van der Waals surface area contributed by atoms with Crippen LogP contribution in [0.5, 0.6) is 5.75 Å². The highest BCUT2D eigenvalue weighted by Gasteiger charge is 2.59. The van der Waals surface area contributed by atoms with Crippen molar-refractivity contribution in [3.63, 3.8) is 0 Å². The van der Waals surface area contributed by atoms with Gasteiger partial charge in [-0.15, -0.1) is 0 Å². The van der Waals surface area contributed by atoms with Crippen LogP contribution >= 0.6 is 0 Å². The first-order chi connectivity index (χ1) is 23.3. The quantitative estimate of drug-likeness (QED) is 0.256. The fraction of sp³-hybridized carbons (Fsp3) is 0.561. The fourth-order valence-electron chi connectivity index (χ4n) is 12.9. The molecule has 8 aliphatic rings. The highest BCUT2D eigenvalue weighted by molar-refractivity contribution is 5.92. The molecular formula is C41H48N4O3. The lowest BCUT2D eigenvalue weighted by atomic mass is 9.61. The lowest BCUT2D eigenvalue weighted by molar-refractivity contribution is -0.280. The minimum atomic E-state index is -0.616. The lowest BCUT2D eigenvalue weighted by Crippen LogP contribution is -2.64. The first-order valence-corrected chi connectivity index (χ1v) is 18.6. The number of aliphatic hydroxyl groups is 1. The van der Waals surface area contributed by atoms with E-state index in [9.17, 15) is 5.11 Å². The van der Waals surface area contributed by atoms with Crippen LogP contribution in [0.1, 0.15) is 66.9 Å². The second-order valence-electron chi connectivity index (χ2n) is 16.6. The molecule has 10 heterocycles. The smallest absolute Gasteiger partial charge is 0.211 e. The average molecular weight is 645 g/mol. The molecular weight excluding hydrogens is 596 g/mol. The summed E-state index contributed by atoms with van der Waals surface area (Å²) in [6.45, 7) is 6.49. The molecule has 7 nitrogen and oxygen atoms in total. The number of fused-ring (bicyclic) bond motifs is 16. The summed E-state index contributed by atoms with van der Waals surface area (Å²) >= 11 is 0. The summed E-state index contributed by atoms with van der Waals surface area (Å²) in [5, 5.41) is 13.5. The van der Waals surface area contributed by atoms with E-state index in [4.69, 9.17) is 9.47 Å². The van der Waals surface area contributed by atoms with Crippen LogP contribution in [0.25, 0.3) is 21.8 Å². The van der Waals surface area contributed by atoms with Crippen LogP contribution in [0.3, 0.4) is 0 Å². The Morgan fingerprint density at radius 2 is 1.67 bits per heavy atom. The zero-order valence-corrected chi connectivity index (χ0v) is 28.9. The molecule has 4 aromatic rings. The van der Waals surface area contributed by atoms with E-state index in [1.807, 2.05) is 0 Å². The van der Waals surface area contributed by atoms with Crippen molar-refractivity contribution in [2.45, 2.75) is 75.9 Å². The van der Waals surface area contributed by atoms with Crippen LogP contribution in [-0.2, 0) is 38.1 Å². The summed E-state index contributed by atoms with van der Waals surface area (Å²) in [6, 6.07) is 15.2. The van der Waals surface area contributed by atoms with Crippen LogP contribution in [0.4, 0.5) is 0 Å². The van der Waals surface area contributed by atoms with Gasteiger partial charge >= 0.3 is 0 Å². The maximum atomic E-state index is 10.7. The van der Waals surface area contributed by atoms with E-state index in [-0.39, 0.29) is 6.61 Å². The first-order valence-electron chi connectivity index (χ1n) is 18.6. The van der Waals surface area contributed by atoms with E-state index in [2.05, 4.69) is 96.4 Å². The Bertz CT molecular complexity index is 2070. The average Bonchev–Trinajstić information content (AvgIpc) is 3.53. The SMILES string of the molecule is C/C=C1\CN2[C@H]3C[C@@H]1C(CO)[C@@H]2Cc1c3n(C)c2ccc3c(c12)C[C@H]1[C@@H]2C[C@@H]4c5c(c6ccccc6n5C)C[C@H]([C@@H]2CO[C@@]1(C)O3)N4C. The van der Waals surface area contributed by atoms with Crippen molar-refractivity contribution in [2.75, 3.05) is 26.8 Å². The van der Waals surface area contributed by atoms with Crippen LogP contribution in [-0.4, -0.2) is 68.7 Å². The molecule has 250 valence electrons. The molecule has 0 amide bonds. The van der Waals surface area contributed by atoms with Crippen LogP contribution < -0.4 is 4.74 Å². The van der Waals surface area contributed by atoms with E-state index in [0.29, 0.717) is 53.8 Å². The van der Waals surface area contributed by atoms with Gasteiger partial charge in [-0.3, -0.25) is 9.80 Å².